The van der Waals surface area contributed by atoms with Gasteiger partial charge in [0.1, 0.15) is 11.6 Å². The van der Waals surface area contributed by atoms with Crippen LogP contribution in [0.5, 0.6) is 0 Å². The zero-order chi connectivity index (χ0) is 18.4. The molecule has 0 bridgehead atoms. The largest absolute Gasteiger partial charge is 0.465 e. The van der Waals surface area contributed by atoms with Gasteiger partial charge in [0.15, 0.2) is 0 Å². The Morgan fingerprint density at radius 1 is 1.08 bits per heavy atom. The number of aryl methyl sites for hydroxylation is 2. The van der Waals surface area contributed by atoms with Crippen LogP contribution in [-0.2, 0) is 9.53 Å². The molecule has 0 aliphatic carbocycles. The van der Waals surface area contributed by atoms with Crippen molar-refractivity contribution in [2.45, 2.75) is 13.8 Å². The number of carbonyl (C=O) groups excluding carboxylic acids is 2. The maximum absolute atomic E-state index is 12.4. The molecule has 0 fully saturated rings. The Morgan fingerprint density at radius 2 is 1.68 bits per heavy atom. The van der Waals surface area contributed by atoms with Gasteiger partial charge in [0.2, 0.25) is 0 Å². The molecule has 0 heterocycles. The van der Waals surface area contributed by atoms with E-state index in [0.717, 1.165) is 11.1 Å². The molecule has 1 N–H and O–H groups in total. The van der Waals surface area contributed by atoms with Gasteiger partial charge in [-0.2, -0.15) is 5.26 Å². The first-order valence-electron chi connectivity index (χ1n) is 7.64. The highest BCUT2D eigenvalue weighted by atomic mass is 16.5. The van der Waals surface area contributed by atoms with E-state index in [9.17, 15) is 14.9 Å². The van der Waals surface area contributed by atoms with Crippen molar-refractivity contribution in [3.63, 3.8) is 0 Å². The van der Waals surface area contributed by atoms with E-state index in [4.69, 9.17) is 0 Å². The third-order valence-electron chi connectivity index (χ3n) is 3.73. The molecule has 0 saturated heterocycles. The highest BCUT2D eigenvalue weighted by Gasteiger charge is 2.12. The van der Waals surface area contributed by atoms with Crippen molar-refractivity contribution in [3.8, 4) is 6.07 Å². The maximum Gasteiger partial charge on any atom is 0.337 e. The van der Waals surface area contributed by atoms with Crippen molar-refractivity contribution >= 4 is 23.6 Å². The Kier molecular flexibility index (Phi) is 5.70. The Bertz CT molecular complexity index is 855. The molecule has 0 aromatic heterocycles. The number of methoxy groups -OCH3 is 1. The zero-order valence-corrected chi connectivity index (χ0v) is 14.3. The third-order valence-corrected chi connectivity index (χ3v) is 3.73. The molecule has 2 aromatic carbocycles. The minimum absolute atomic E-state index is 0.0199. The van der Waals surface area contributed by atoms with Gasteiger partial charge in [-0.05, 0) is 48.7 Å². The maximum atomic E-state index is 12.4. The fourth-order valence-electron chi connectivity index (χ4n) is 2.34. The van der Waals surface area contributed by atoms with Crippen LogP contribution in [0.4, 0.5) is 5.69 Å². The Hall–Kier alpha value is -3.39. The van der Waals surface area contributed by atoms with E-state index in [0.29, 0.717) is 16.8 Å². The number of nitriles is 1. The average molecular weight is 334 g/mol. The summed E-state index contributed by atoms with van der Waals surface area (Å²) in [6, 6.07) is 14.1. The number of nitrogens with one attached hydrogen (secondary N) is 1. The molecule has 0 aliphatic heterocycles. The monoisotopic (exact) mass is 334 g/mol. The van der Waals surface area contributed by atoms with Crippen LogP contribution >= 0.6 is 0 Å². The number of amides is 1. The third kappa shape index (κ3) is 4.33. The predicted molar refractivity (Wildman–Crippen MR) is 95.9 cm³/mol. The van der Waals surface area contributed by atoms with E-state index in [1.54, 1.807) is 24.3 Å². The van der Waals surface area contributed by atoms with E-state index >= 15 is 0 Å². The molecule has 2 rings (SSSR count). The minimum atomic E-state index is -0.475. The van der Waals surface area contributed by atoms with Gasteiger partial charge < -0.3 is 10.1 Å². The summed E-state index contributed by atoms with van der Waals surface area (Å²) in [5, 5.41) is 12.1. The fraction of sp³-hybridized carbons (Fsp3) is 0.150. The van der Waals surface area contributed by atoms with Crippen LogP contribution in [0.1, 0.15) is 27.0 Å². The second-order valence-electron chi connectivity index (χ2n) is 5.50. The lowest BCUT2D eigenvalue weighted by Gasteiger charge is -2.10. The molecule has 0 saturated carbocycles. The van der Waals surface area contributed by atoms with E-state index in [-0.39, 0.29) is 5.57 Å². The van der Waals surface area contributed by atoms with Gasteiger partial charge in [0.05, 0.1) is 12.7 Å². The summed E-state index contributed by atoms with van der Waals surface area (Å²) in [5.74, 6) is -0.916. The van der Waals surface area contributed by atoms with Crippen LogP contribution in [-0.4, -0.2) is 19.0 Å². The number of hydrogen-bond acceptors (Lipinski definition) is 4. The standard InChI is InChI=1S/C20H18N2O3/c1-13-5-4-6-14(2)18(13)22-19(23)17(12-21)11-15-7-9-16(10-8-15)20(24)25-3/h4-11H,1-3H3,(H,22,23). The molecule has 1 amide bonds. The molecule has 5 heteroatoms. The zero-order valence-electron chi connectivity index (χ0n) is 14.3. The topological polar surface area (TPSA) is 79.2 Å². The molecule has 2 aromatic rings. The Labute approximate surface area is 146 Å². The first-order chi connectivity index (χ1) is 12.0. The summed E-state index contributed by atoms with van der Waals surface area (Å²) >= 11 is 0. The Balaban J connectivity index is 2.24. The van der Waals surface area contributed by atoms with Crippen molar-refractivity contribution in [2.24, 2.45) is 0 Å². The van der Waals surface area contributed by atoms with Crippen molar-refractivity contribution in [2.75, 3.05) is 12.4 Å². The lowest BCUT2D eigenvalue weighted by atomic mass is 10.1. The average Bonchev–Trinajstić information content (AvgIpc) is 2.62. The van der Waals surface area contributed by atoms with Crippen LogP contribution in [0, 0.1) is 25.2 Å². The van der Waals surface area contributed by atoms with E-state index < -0.39 is 11.9 Å². The van der Waals surface area contributed by atoms with Crippen molar-refractivity contribution < 1.29 is 14.3 Å². The highest BCUT2D eigenvalue weighted by Crippen LogP contribution is 2.20. The van der Waals surface area contributed by atoms with Crippen molar-refractivity contribution in [1.29, 1.82) is 5.26 Å². The summed E-state index contributed by atoms with van der Waals surface area (Å²) in [6.07, 6.45) is 1.48. The lowest BCUT2D eigenvalue weighted by molar-refractivity contribution is -0.112. The van der Waals surface area contributed by atoms with Crippen molar-refractivity contribution in [3.05, 3.63) is 70.3 Å². The van der Waals surface area contributed by atoms with Gasteiger partial charge in [-0.25, -0.2) is 4.79 Å². The number of carbonyl (C=O) groups is 2. The molecule has 126 valence electrons. The second-order valence-corrected chi connectivity index (χ2v) is 5.50. The van der Waals surface area contributed by atoms with Crippen molar-refractivity contribution in [1.82, 2.24) is 0 Å². The van der Waals surface area contributed by atoms with Gasteiger partial charge >= 0.3 is 5.97 Å². The van der Waals surface area contributed by atoms with Crippen LogP contribution < -0.4 is 5.32 Å². The number of anilines is 1. The van der Waals surface area contributed by atoms with Gasteiger partial charge in [0.25, 0.3) is 5.91 Å². The number of esters is 1. The minimum Gasteiger partial charge on any atom is -0.465 e. The van der Waals surface area contributed by atoms with Gasteiger partial charge in [0, 0.05) is 5.69 Å². The summed E-state index contributed by atoms with van der Waals surface area (Å²) in [4.78, 5) is 23.8. The van der Waals surface area contributed by atoms with Crippen LogP contribution in [0.2, 0.25) is 0 Å². The fourth-order valence-corrected chi connectivity index (χ4v) is 2.34. The molecular formula is C20H18N2O3. The second kappa shape index (κ2) is 7.93. The number of benzene rings is 2. The first kappa shape index (κ1) is 18.0. The molecular weight excluding hydrogens is 316 g/mol. The normalized spacial score (nSPS) is 10.7. The summed E-state index contributed by atoms with van der Waals surface area (Å²) in [7, 11) is 1.31. The Morgan fingerprint density at radius 3 is 2.20 bits per heavy atom. The summed E-state index contributed by atoms with van der Waals surface area (Å²) in [5.41, 5.74) is 3.57. The smallest absolute Gasteiger partial charge is 0.337 e. The SMILES string of the molecule is COC(=O)c1ccc(C=C(C#N)C(=O)Nc2c(C)cccc2C)cc1. The van der Waals surface area contributed by atoms with Crippen LogP contribution in [0.25, 0.3) is 6.08 Å². The highest BCUT2D eigenvalue weighted by molar-refractivity contribution is 6.10. The molecule has 0 radical (unpaired) electrons. The van der Waals surface area contributed by atoms with E-state index in [1.165, 1.54) is 13.2 Å². The predicted octanol–water partition coefficient (Wildman–Crippen LogP) is 3.64. The summed E-state index contributed by atoms with van der Waals surface area (Å²) in [6.45, 7) is 3.79. The molecule has 0 spiro atoms. The van der Waals surface area contributed by atoms with E-state index in [1.807, 2.05) is 38.1 Å². The molecule has 0 aliphatic rings. The number of rotatable bonds is 4. The lowest BCUT2D eigenvalue weighted by Crippen LogP contribution is -2.15. The molecule has 25 heavy (non-hydrogen) atoms. The number of nitrogens with zero attached hydrogens (tertiary/aromatic N) is 1. The molecule has 0 atom stereocenters. The van der Waals surface area contributed by atoms with Gasteiger partial charge in [-0.15, -0.1) is 0 Å². The quantitative estimate of drug-likeness (QED) is 0.526. The number of ether oxygens (including phenoxy) is 1. The number of hydrogen-bond donors (Lipinski definition) is 1. The van der Waals surface area contributed by atoms with Crippen LogP contribution in [0.15, 0.2) is 48.0 Å². The van der Waals surface area contributed by atoms with Gasteiger partial charge in [-0.3, -0.25) is 4.79 Å². The molecule has 0 unspecified atom stereocenters. The first-order valence-corrected chi connectivity index (χ1v) is 7.64. The van der Waals surface area contributed by atoms with Crippen LogP contribution in [0.3, 0.4) is 0 Å². The molecule has 5 nitrogen and oxygen atoms in total. The number of para-hydroxylation sites is 1. The van der Waals surface area contributed by atoms with E-state index in [2.05, 4.69) is 10.1 Å². The van der Waals surface area contributed by atoms with Gasteiger partial charge in [-0.1, -0.05) is 30.3 Å². The summed E-state index contributed by atoms with van der Waals surface area (Å²) < 4.78 is 4.63.